The summed E-state index contributed by atoms with van der Waals surface area (Å²) in [5.74, 6) is -0.327. The summed E-state index contributed by atoms with van der Waals surface area (Å²) in [7, 11) is 0. The van der Waals surface area contributed by atoms with Gasteiger partial charge in [0.15, 0.2) is 6.29 Å². The van der Waals surface area contributed by atoms with Crippen LogP contribution in [0.3, 0.4) is 0 Å². The van der Waals surface area contributed by atoms with Crippen molar-refractivity contribution >= 4 is 17.9 Å². The average molecular weight is 236 g/mol. The third-order valence-corrected chi connectivity index (χ3v) is 2.36. The third-order valence-electron chi connectivity index (χ3n) is 2.15. The molecule has 0 aliphatic heterocycles. The van der Waals surface area contributed by atoms with Gasteiger partial charge in [-0.15, -0.1) is 0 Å². The highest BCUT2D eigenvalue weighted by Crippen LogP contribution is 2.24. The molecule has 1 aromatic carbocycles. The van der Waals surface area contributed by atoms with E-state index in [1.807, 2.05) is 0 Å². The van der Waals surface area contributed by atoms with Crippen molar-refractivity contribution in [2.24, 2.45) is 0 Å². The Morgan fingerprint density at radius 2 is 1.94 bits per heavy atom. The van der Waals surface area contributed by atoms with Gasteiger partial charge in [0.1, 0.15) is 11.5 Å². The molecule has 4 heteroatoms. The summed E-state index contributed by atoms with van der Waals surface area (Å²) in [4.78, 5) is 14.7. The van der Waals surface area contributed by atoms with Crippen molar-refractivity contribution in [3.63, 3.8) is 0 Å². The van der Waals surface area contributed by atoms with Gasteiger partial charge in [-0.1, -0.05) is 23.7 Å². The van der Waals surface area contributed by atoms with Gasteiger partial charge in [-0.25, -0.2) is 4.39 Å². The topological polar surface area (TPSA) is 30.0 Å². The van der Waals surface area contributed by atoms with E-state index in [1.165, 1.54) is 18.3 Å². The molecule has 1 heterocycles. The van der Waals surface area contributed by atoms with Crippen molar-refractivity contribution in [2.75, 3.05) is 0 Å². The number of halogens is 2. The predicted molar refractivity (Wildman–Crippen MR) is 60.0 cm³/mol. The van der Waals surface area contributed by atoms with Crippen molar-refractivity contribution in [1.82, 2.24) is 4.98 Å². The molecule has 0 radical (unpaired) electrons. The van der Waals surface area contributed by atoms with E-state index in [1.54, 1.807) is 18.2 Å². The van der Waals surface area contributed by atoms with Gasteiger partial charge in [0, 0.05) is 11.8 Å². The zero-order valence-corrected chi connectivity index (χ0v) is 8.91. The number of aromatic nitrogens is 1. The fourth-order valence-electron chi connectivity index (χ4n) is 1.40. The van der Waals surface area contributed by atoms with Crippen LogP contribution in [-0.2, 0) is 0 Å². The lowest BCUT2D eigenvalue weighted by atomic mass is 10.0. The van der Waals surface area contributed by atoms with E-state index in [0.717, 1.165) is 0 Å². The van der Waals surface area contributed by atoms with Gasteiger partial charge in [-0.05, 0) is 23.8 Å². The number of carbonyl (C=O) groups excluding carboxylic acids is 1. The highest BCUT2D eigenvalue weighted by atomic mass is 35.5. The number of benzene rings is 1. The van der Waals surface area contributed by atoms with Gasteiger partial charge in [-0.2, -0.15) is 0 Å². The maximum atomic E-state index is 12.8. The molecule has 0 saturated carbocycles. The minimum atomic E-state index is -0.327. The van der Waals surface area contributed by atoms with Crippen LogP contribution in [0.25, 0.3) is 11.1 Å². The second-order valence-corrected chi connectivity index (χ2v) is 3.65. The molecule has 0 N–H and O–H groups in total. The van der Waals surface area contributed by atoms with Gasteiger partial charge in [0.2, 0.25) is 0 Å². The molecule has 0 bridgehead atoms. The first-order chi connectivity index (χ1) is 7.70. The predicted octanol–water partition coefficient (Wildman–Crippen LogP) is 3.35. The van der Waals surface area contributed by atoms with E-state index in [2.05, 4.69) is 4.98 Å². The van der Waals surface area contributed by atoms with Crippen LogP contribution >= 0.6 is 11.6 Å². The largest absolute Gasteiger partial charge is 0.296 e. The first-order valence-corrected chi connectivity index (χ1v) is 4.95. The van der Waals surface area contributed by atoms with E-state index in [4.69, 9.17) is 11.6 Å². The van der Waals surface area contributed by atoms with Crippen LogP contribution in [0.1, 0.15) is 10.5 Å². The number of hydrogen-bond donors (Lipinski definition) is 0. The van der Waals surface area contributed by atoms with E-state index < -0.39 is 0 Å². The average Bonchev–Trinajstić information content (AvgIpc) is 2.30. The number of nitrogens with zero attached hydrogens (tertiary/aromatic N) is 1. The van der Waals surface area contributed by atoms with Crippen molar-refractivity contribution in [3.05, 3.63) is 53.1 Å². The van der Waals surface area contributed by atoms with Crippen LogP contribution in [0.4, 0.5) is 4.39 Å². The normalized spacial score (nSPS) is 10.1. The smallest absolute Gasteiger partial charge is 0.169 e. The summed E-state index contributed by atoms with van der Waals surface area (Å²) < 4.78 is 12.8. The van der Waals surface area contributed by atoms with Gasteiger partial charge >= 0.3 is 0 Å². The molecule has 2 nitrogen and oxygen atoms in total. The molecule has 0 aliphatic carbocycles. The summed E-state index contributed by atoms with van der Waals surface area (Å²) in [5, 5.41) is 0.435. The first-order valence-electron chi connectivity index (χ1n) is 4.57. The van der Waals surface area contributed by atoms with Crippen LogP contribution < -0.4 is 0 Å². The summed E-state index contributed by atoms with van der Waals surface area (Å²) in [6.07, 6.45) is 2.05. The summed E-state index contributed by atoms with van der Waals surface area (Å²) >= 11 is 5.80. The molecule has 0 atom stereocenters. The Labute approximate surface area is 96.7 Å². The van der Waals surface area contributed by atoms with Crippen molar-refractivity contribution in [3.8, 4) is 11.1 Å². The summed E-state index contributed by atoms with van der Waals surface area (Å²) in [5.41, 5.74) is 1.59. The first kappa shape index (κ1) is 10.8. The van der Waals surface area contributed by atoms with Gasteiger partial charge in [0.05, 0.1) is 5.02 Å². The molecule has 0 unspecified atom stereocenters. The molecule has 0 fully saturated rings. The van der Waals surface area contributed by atoms with E-state index in [-0.39, 0.29) is 11.5 Å². The van der Waals surface area contributed by atoms with E-state index in [0.29, 0.717) is 22.4 Å². The van der Waals surface area contributed by atoms with Crippen LogP contribution in [-0.4, -0.2) is 11.3 Å². The molecule has 16 heavy (non-hydrogen) atoms. The van der Waals surface area contributed by atoms with Crippen LogP contribution in [0, 0.1) is 5.82 Å². The molecule has 1 aromatic heterocycles. The van der Waals surface area contributed by atoms with Gasteiger partial charge in [-0.3, -0.25) is 9.78 Å². The Morgan fingerprint density at radius 3 is 2.56 bits per heavy atom. The number of aldehydes is 1. The quantitative estimate of drug-likeness (QED) is 0.747. The van der Waals surface area contributed by atoms with Gasteiger partial charge in [0.25, 0.3) is 0 Å². The Balaban J connectivity index is 2.57. The Bertz CT molecular complexity index is 525. The second kappa shape index (κ2) is 4.41. The Morgan fingerprint density at radius 1 is 1.25 bits per heavy atom. The molecule has 0 spiro atoms. The van der Waals surface area contributed by atoms with Crippen molar-refractivity contribution in [1.29, 1.82) is 0 Å². The minimum Gasteiger partial charge on any atom is -0.296 e. The fourth-order valence-corrected chi connectivity index (χ4v) is 1.56. The molecule has 2 rings (SSSR count). The number of carbonyl (C=O) groups is 1. The highest BCUT2D eigenvalue weighted by Gasteiger charge is 2.06. The van der Waals surface area contributed by atoms with Crippen LogP contribution in [0.15, 0.2) is 36.5 Å². The van der Waals surface area contributed by atoms with Crippen molar-refractivity contribution < 1.29 is 9.18 Å². The Kier molecular flexibility index (Phi) is 2.97. The lowest BCUT2D eigenvalue weighted by Crippen LogP contribution is -1.92. The maximum Gasteiger partial charge on any atom is 0.169 e. The minimum absolute atomic E-state index is 0.288. The summed E-state index contributed by atoms with van der Waals surface area (Å²) in [6.45, 7) is 0. The number of hydrogen-bond acceptors (Lipinski definition) is 2. The lowest BCUT2D eigenvalue weighted by molar-refractivity contribution is 0.111. The van der Waals surface area contributed by atoms with Crippen molar-refractivity contribution in [2.45, 2.75) is 0 Å². The lowest BCUT2D eigenvalue weighted by Gasteiger charge is -2.04. The highest BCUT2D eigenvalue weighted by molar-refractivity contribution is 6.30. The SMILES string of the molecule is O=Cc1ncc(Cl)cc1-c1ccc(F)cc1. The molecular formula is C12H7ClFNO. The monoisotopic (exact) mass is 235 g/mol. The summed E-state index contributed by atoms with van der Waals surface area (Å²) in [6, 6.07) is 7.44. The van der Waals surface area contributed by atoms with Gasteiger partial charge < -0.3 is 0 Å². The standard InChI is InChI=1S/C12H7ClFNO/c13-9-5-11(12(7-16)15-6-9)8-1-3-10(14)4-2-8/h1-7H. The zero-order valence-electron chi connectivity index (χ0n) is 8.15. The Hall–Kier alpha value is -1.74. The molecule has 0 saturated heterocycles. The molecule has 0 aliphatic rings. The maximum absolute atomic E-state index is 12.8. The molecule has 2 aromatic rings. The van der Waals surface area contributed by atoms with E-state index in [9.17, 15) is 9.18 Å². The van der Waals surface area contributed by atoms with E-state index >= 15 is 0 Å². The zero-order chi connectivity index (χ0) is 11.5. The fraction of sp³-hybridized carbons (Fsp3) is 0. The molecule has 0 amide bonds. The van der Waals surface area contributed by atoms with Crippen LogP contribution in [0.2, 0.25) is 5.02 Å². The molecular weight excluding hydrogens is 229 g/mol. The third kappa shape index (κ3) is 2.09. The number of pyridine rings is 1. The molecule has 80 valence electrons. The van der Waals surface area contributed by atoms with Crippen LogP contribution in [0.5, 0.6) is 0 Å². The number of rotatable bonds is 2. The second-order valence-electron chi connectivity index (χ2n) is 3.21.